The Labute approximate surface area is 107 Å². The van der Waals surface area contributed by atoms with Gasteiger partial charge in [0.1, 0.15) is 0 Å². The van der Waals surface area contributed by atoms with Crippen LogP contribution in [0.4, 0.5) is 0 Å². The van der Waals surface area contributed by atoms with Gasteiger partial charge in [-0.2, -0.15) is 0 Å². The number of rotatable bonds is 4. The van der Waals surface area contributed by atoms with Crippen LogP contribution < -0.4 is 5.32 Å². The number of carbonyl (C=O) groups excluding carboxylic acids is 1. The van der Waals surface area contributed by atoms with Gasteiger partial charge >= 0.3 is 5.97 Å². The number of carboxylic acid groups (broad SMARTS) is 1. The number of hydrogen-bond donors (Lipinski definition) is 3. The van der Waals surface area contributed by atoms with Gasteiger partial charge in [-0.3, -0.25) is 4.79 Å². The second-order valence-electron chi connectivity index (χ2n) is 3.46. The minimum Gasteiger partial charge on any atom is -0.480 e. The number of carbonyl (C=O) groups is 2. The molecule has 0 heterocycles. The lowest BCUT2D eigenvalue weighted by atomic mass is 10.1. The second-order valence-corrected chi connectivity index (χ2v) is 4.31. The van der Waals surface area contributed by atoms with Gasteiger partial charge in [-0.05, 0) is 24.6 Å². The summed E-state index contributed by atoms with van der Waals surface area (Å²) in [4.78, 5) is 22.5. The Morgan fingerprint density at radius 3 is 2.65 bits per heavy atom. The highest BCUT2D eigenvalue weighted by molar-refractivity contribution is 9.10. The van der Waals surface area contributed by atoms with Crippen LogP contribution in [0.25, 0.3) is 0 Å². The van der Waals surface area contributed by atoms with Crippen LogP contribution in [0.2, 0.25) is 0 Å². The molecule has 0 aliphatic rings. The summed E-state index contributed by atoms with van der Waals surface area (Å²) in [7, 11) is 0. The molecular formula is C11H12BrNO4. The van der Waals surface area contributed by atoms with Gasteiger partial charge < -0.3 is 15.5 Å². The molecule has 5 nitrogen and oxygen atoms in total. The summed E-state index contributed by atoms with van der Waals surface area (Å²) in [5.74, 6) is -1.79. The van der Waals surface area contributed by atoms with Crippen LogP contribution in [-0.2, 0) is 4.79 Å². The predicted molar refractivity (Wildman–Crippen MR) is 64.9 cm³/mol. The number of aliphatic hydroxyl groups is 1. The summed E-state index contributed by atoms with van der Waals surface area (Å²) in [6.45, 7) is 1.10. The van der Waals surface area contributed by atoms with Crippen molar-refractivity contribution in [3.05, 3.63) is 33.8 Å². The maximum Gasteiger partial charge on any atom is 0.328 e. The zero-order chi connectivity index (χ0) is 13.0. The standard InChI is InChI=1S/C11H12BrNO4/c1-6-7(3-2-4-8(6)12)10(15)13-9(5-14)11(16)17/h2-4,9,14H,5H2,1H3,(H,13,15)(H,16,17)/t9-/m0/s1. The summed E-state index contributed by atoms with van der Waals surface area (Å²) >= 11 is 3.28. The van der Waals surface area contributed by atoms with E-state index >= 15 is 0 Å². The first-order valence-electron chi connectivity index (χ1n) is 4.87. The maximum absolute atomic E-state index is 11.8. The molecule has 1 atom stereocenters. The summed E-state index contributed by atoms with van der Waals surface area (Å²) in [5.41, 5.74) is 1.09. The van der Waals surface area contributed by atoms with Gasteiger partial charge in [0.25, 0.3) is 5.91 Å². The van der Waals surface area contributed by atoms with Crippen molar-refractivity contribution in [3.63, 3.8) is 0 Å². The van der Waals surface area contributed by atoms with Crippen molar-refractivity contribution >= 4 is 27.8 Å². The van der Waals surface area contributed by atoms with Crippen molar-refractivity contribution in [2.24, 2.45) is 0 Å². The zero-order valence-electron chi connectivity index (χ0n) is 9.11. The van der Waals surface area contributed by atoms with Gasteiger partial charge in [0.15, 0.2) is 6.04 Å². The van der Waals surface area contributed by atoms with Crippen LogP contribution in [0.1, 0.15) is 15.9 Å². The average Bonchev–Trinajstić information content (AvgIpc) is 2.28. The first-order chi connectivity index (χ1) is 7.97. The molecule has 0 spiro atoms. The third-order valence-electron chi connectivity index (χ3n) is 2.30. The first-order valence-corrected chi connectivity index (χ1v) is 5.66. The van der Waals surface area contributed by atoms with E-state index < -0.39 is 24.5 Å². The average molecular weight is 302 g/mol. The Kier molecular flexibility index (Phi) is 4.65. The molecule has 0 bridgehead atoms. The van der Waals surface area contributed by atoms with Gasteiger partial charge in [0, 0.05) is 10.0 Å². The lowest BCUT2D eigenvalue weighted by Gasteiger charge is -2.13. The molecule has 0 aliphatic carbocycles. The van der Waals surface area contributed by atoms with E-state index in [1.165, 1.54) is 0 Å². The van der Waals surface area contributed by atoms with E-state index in [4.69, 9.17) is 10.2 Å². The van der Waals surface area contributed by atoms with Crippen molar-refractivity contribution in [1.82, 2.24) is 5.32 Å². The van der Waals surface area contributed by atoms with Crippen LogP contribution in [0.3, 0.4) is 0 Å². The van der Waals surface area contributed by atoms with Gasteiger partial charge in [-0.1, -0.05) is 22.0 Å². The normalized spacial score (nSPS) is 11.9. The van der Waals surface area contributed by atoms with E-state index in [1.807, 2.05) is 0 Å². The smallest absolute Gasteiger partial charge is 0.328 e. The van der Waals surface area contributed by atoms with E-state index in [9.17, 15) is 9.59 Å². The molecular weight excluding hydrogens is 290 g/mol. The summed E-state index contributed by atoms with van der Waals surface area (Å²) in [6.07, 6.45) is 0. The molecule has 1 amide bonds. The molecule has 0 radical (unpaired) electrons. The molecule has 0 aliphatic heterocycles. The molecule has 0 saturated carbocycles. The predicted octanol–water partition coefficient (Wildman–Crippen LogP) is 0.933. The molecule has 0 fully saturated rings. The van der Waals surface area contributed by atoms with Crippen molar-refractivity contribution in [1.29, 1.82) is 0 Å². The molecule has 3 N–H and O–H groups in total. The minimum absolute atomic E-state index is 0.374. The van der Waals surface area contributed by atoms with Crippen molar-refractivity contribution < 1.29 is 19.8 Å². The fraction of sp³-hybridized carbons (Fsp3) is 0.273. The lowest BCUT2D eigenvalue weighted by Crippen LogP contribution is -2.43. The van der Waals surface area contributed by atoms with Crippen LogP contribution in [0, 0.1) is 6.92 Å². The third kappa shape index (κ3) is 3.28. The molecule has 1 aromatic carbocycles. The second kappa shape index (κ2) is 5.79. The number of benzene rings is 1. The highest BCUT2D eigenvalue weighted by Gasteiger charge is 2.20. The number of nitrogens with one attached hydrogen (secondary N) is 1. The van der Waals surface area contributed by atoms with Crippen LogP contribution in [0.5, 0.6) is 0 Å². The van der Waals surface area contributed by atoms with Crippen LogP contribution in [0.15, 0.2) is 22.7 Å². The van der Waals surface area contributed by atoms with E-state index in [0.717, 1.165) is 4.47 Å². The van der Waals surface area contributed by atoms with E-state index in [1.54, 1.807) is 25.1 Å². The fourth-order valence-corrected chi connectivity index (χ4v) is 1.64. The van der Waals surface area contributed by atoms with Crippen molar-refractivity contribution in [2.45, 2.75) is 13.0 Å². The first kappa shape index (κ1) is 13.7. The van der Waals surface area contributed by atoms with Gasteiger partial charge in [-0.15, -0.1) is 0 Å². The van der Waals surface area contributed by atoms with E-state index in [0.29, 0.717) is 11.1 Å². The lowest BCUT2D eigenvalue weighted by molar-refractivity contribution is -0.140. The summed E-state index contributed by atoms with van der Waals surface area (Å²) in [6, 6.07) is 3.76. The summed E-state index contributed by atoms with van der Waals surface area (Å²) < 4.78 is 0.765. The Balaban J connectivity index is 2.90. The minimum atomic E-state index is -1.29. The van der Waals surface area contributed by atoms with E-state index in [2.05, 4.69) is 21.2 Å². The Bertz CT molecular complexity index is 447. The zero-order valence-corrected chi connectivity index (χ0v) is 10.7. The number of aliphatic carboxylic acids is 1. The Morgan fingerprint density at radius 1 is 1.47 bits per heavy atom. The molecule has 6 heteroatoms. The topological polar surface area (TPSA) is 86.6 Å². The Hall–Kier alpha value is -1.40. The van der Waals surface area contributed by atoms with Crippen molar-refractivity contribution in [3.8, 4) is 0 Å². The number of carboxylic acids is 1. The quantitative estimate of drug-likeness (QED) is 0.772. The highest BCUT2D eigenvalue weighted by atomic mass is 79.9. The van der Waals surface area contributed by atoms with Crippen LogP contribution >= 0.6 is 15.9 Å². The largest absolute Gasteiger partial charge is 0.480 e. The number of halogens is 1. The SMILES string of the molecule is Cc1c(Br)cccc1C(=O)N[C@@H](CO)C(=O)O. The van der Waals surface area contributed by atoms with Gasteiger partial charge in [0.2, 0.25) is 0 Å². The Morgan fingerprint density at radius 2 is 2.12 bits per heavy atom. The molecule has 1 rings (SSSR count). The molecule has 1 aromatic rings. The third-order valence-corrected chi connectivity index (χ3v) is 3.16. The monoisotopic (exact) mass is 301 g/mol. The molecule has 0 unspecified atom stereocenters. The number of amides is 1. The molecule has 0 aromatic heterocycles. The molecule has 92 valence electrons. The van der Waals surface area contributed by atoms with Crippen LogP contribution in [-0.4, -0.2) is 34.7 Å². The van der Waals surface area contributed by atoms with Gasteiger partial charge in [-0.25, -0.2) is 4.79 Å². The molecule has 0 saturated heterocycles. The van der Waals surface area contributed by atoms with Gasteiger partial charge in [0.05, 0.1) is 6.61 Å². The highest BCUT2D eigenvalue weighted by Crippen LogP contribution is 2.19. The number of hydrogen-bond acceptors (Lipinski definition) is 3. The van der Waals surface area contributed by atoms with E-state index in [-0.39, 0.29) is 0 Å². The summed E-state index contributed by atoms with van der Waals surface area (Å²) in [5, 5.41) is 19.8. The maximum atomic E-state index is 11.8. The van der Waals surface area contributed by atoms with Crippen molar-refractivity contribution in [2.75, 3.05) is 6.61 Å². The fourth-order valence-electron chi connectivity index (χ4n) is 1.27. The number of aliphatic hydroxyl groups excluding tert-OH is 1. The molecule has 17 heavy (non-hydrogen) atoms.